The number of pyridine rings is 1. The standard InChI is InChI=1S/C21H25F3N4O2/c1-14-11-15(25-7-8-27-9-10-30-20(27)29)13-28(12-14)18-5-4-17(21(22,23)24)19-16(18)3-2-6-26-19/h2-6,14-15,25H,7-13H2,1H3/t14-,15+/m1/s1. The van der Waals surface area contributed by atoms with Crippen LogP contribution in [0.4, 0.5) is 23.7 Å². The normalized spacial score (nSPS) is 22.6. The smallest absolute Gasteiger partial charge is 0.418 e. The lowest BCUT2D eigenvalue weighted by atomic mass is 9.94. The maximum Gasteiger partial charge on any atom is 0.418 e. The van der Waals surface area contributed by atoms with Crippen molar-refractivity contribution in [3.63, 3.8) is 0 Å². The molecular formula is C21H25F3N4O2. The zero-order chi connectivity index (χ0) is 21.3. The Kier molecular flexibility index (Phi) is 5.73. The van der Waals surface area contributed by atoms with Gasteiger partial charge in [-0.1, -0.05) is 6.92 Å². The summed E-state index contributed by atoms with van der Waals surface area (Å²) in [5.41, 5.74) is 0.0458. The highest BCUT2D eigenvalue weighted by atomic mass is 19.4. The van der Waals surface area contributed by atoms with Gasteiger partial charge in [0.2, 0.25) is 0 Å². The predicted octanol–water partition coefficient (Wildman–Crippen LogP) is 3.51. The van der Waals surface area contributed by atoms with Gasteiger partial charge in [0.05, 0.1) is 17.6 Å². The molecule has 4 rings (SSSR count). The van der Waals surface area contributed by atoms with Crippen LogP contribution in [0.5, 0.6) is 0 Å². The van der Waals surface area contributed by atoms with Crippen molar-refractivity contribution in [2.45, 2.75) is 25.6 Å². The summed E-state index contributed by atoms with van der Waals surface area (Å²) >= 11 is 0. The highest BCUT2D eigenvalue weighted by Crippen LogP contribution is 2.38. The van der Waals surface area contributed by atoms with Gasteiger partial charge < -0.3 is 19.9 Å². The number of ether oxygens (including phenoxy) is 1. The fourth-order valence-corrected chi connectivity index (χ4v) is 4.39. The molecule has 2 saturated heterocycles. The van der Waals surface area contributed by atoms with Crippen molar-refractivity contribution in [3.05, 3.63) is 36.0 Å². The van der Waals surface area contributed by atoms with E-state index >= 15 is 0 Å². The number of hydrogen-bond acceptors (Lipinski definition) is 5. The Bertz CT molecular complexity index is 921. The molecule has 0 saturated carbocycles. The van der Waals surface area contributed by atoms with E-state index in [1.165, 1.54) is 6.20 Å². The minimum absolute atomic E-state index is 0.0159. The van der Waals surface area contributed by atoms with Crippen LogP contribution in [0.2, 0.25) is 0 Å². The van der Waals surface area contributed by atoms with Crippen LogP contribution in [0.1, 0.15) is 18.9 Å². The highest BCUT2D eigenvalue weighted by Gasteiger charge is 2.34. The van der Waals surface area contributed by atoms with Crippen LogP contribution in [-0.4, -0.2) is 61.3 Å². The van der Waals surface area contributed by atoms with Gasteiger partial charge in [0.25, 0.3) is 0 Å². The number of benzene rings is 1. The van der Waals surface area contributed by atoms with Gasteiger partial charge in [-0.2, -0.15) is 13.2 Å². The third-order valence-corrected chi connectivity index (χ3v) is 5.71. The molecule has 30 heavy (non-hydrogen) atoms. The van der Waals surface area contributed by atoms with E-state index in [0.717, 1.165) is 24.7 Å². The summed E-state index contributed by atoms with van der Waals surface area (Å²) < 4.78 is 45.2. The lowest BCUT2D eigenvalue weighted by Gasteiger charge is -2.39. The Labute approximate surface area is 173 Å². The number of hydrogen-bond donors (Lipinski definition) is 1. The van der Waals surface area contributed by atoms with Crippen molar-refractivity contribution >= 4 is 22.7 Å². The first-order chi connectivity index (χ1) is 14.3. The number of alkyl halides is 3. The van der Waals surface area contributed by atoms with Gasteiger partial charge in [0.15, 0.2) is 0 Å². The van der Waals surface area contributed by atoms with Crippen LogP contribution >= 0.6 is 0 Å². The minimum Gasteiger partial charge on any atom is -0.448 e. The van der Waals surface area contributed by atoms with E-state index in [4.69, 9.17) is 4.74 Å². The highest BCUT2D eigenvalue weighted by molar-refractivity contribution is 5.94. The first-order valence-corrected chi connectivity index (χ1v) is 10.2. The second-order valence-electron chi connectivity index (χ2n) is 8.03. The molecule has 162 valence electrons. The summed E-state index contributed by atoms with van der Waals surface area (Å²) in [6.07, 6.45) is -2.36. The summed E-state index contributed by atoms with van der Waals surface area (Å²) in [6.45, 7) is 5.87. The van der Waals surface area contributed by atoms with Gasteiger partial charge in [-0.25, -0.2) is 4.79 Å². The van der Waals surface area contributed by atoms with Gasteiger partial charge in [-0.05, 0) is 36.6 Å². The number of aromatic nitrogens is 1. The van der Waals surface area contributed by atoms with Crippen LogP contribution in [0.15, 0.2) is 30.5 Å². The fraction of sp³-hybridized carbons (Fsp3) is 0.524. The molecule has 1 aromatic carbocycles. The molecule has 2 aromatic rings. The number of carbonyl (C=O) groups is 1. The van der Waals surface area contributed by atoms with Gasteiger partial charge in [-0.3, -0.25) is 4.98 Å². The van der Waals surface area contributed by atoms with Crippen LogP contribution in [0, 0.1) is 5.92 Å². The number of halogens is 3. The third-order valence-electron chi connectivity index (χ3n) is 5.71. The van der Waals surface area contributed by atoms with Gasteiger partial charge in [0, 0.05) is 49.5 Å². The number of fused-ring (bicyclic) bond motifs is 1. The summed E-state index contributed by atoms with van der Waals surface area (Å²) in [5, 5.41) is 4.01. The van der Waals surface area contributed by atoms with E-state index in [-0.39, 0.29) is 17.7 Å². The maximum atomic E-state index is 13.4. The second-order valence-corrected chi connectivity index (χ2v) is 8.03. The number of nitrogens with one attached hydrogen (secondary N) is 1. The zero-order valence-corrected chi connectivity index (χ0v) is 16.8. The van der Waals surface area contributed by atoms with E-state index < -0.39 is 11.7 Å². The Morgan fingerprint density at radius 1 is 1.27 bits per heavy atom. The molecule has 0 radical (unpaired) electrons. The summed E-state index contributed by atoms with van der Waals surface area (Å²) in [4.78, 5) is 19.4. The van der Waals surface area contributed by atoms with Crippen molar-refractivity contribution in [1.82, 2.24) is 15.2 Å². The number of amides is 1. The molecule has 0 bridgehead atoms. The molecule has 1 N–H and O–H groups in total. The molecule has 1 aromatic heterocycles. The van der Waals surface area contributed by atoms with Crippen LogP contribution in [0.3, 0.4) is 0 Å². The Morgan fingerprint density at radius 2 is 2.10 bits per heavy atom. The quantitative estimate of drug-likeness (QED) is 0.799. The van der Waals surface area contributed by atoms with Crippen LogP contribution in [0.25, 0.3) is 10.9 Å². The molecular weight excluding hydrogens is 397 g/mol. The number of cyclic esters (lactones) is 1. The largest absolute Gasteiger partial charge is 0.448 e. The number of nitrogens with zero attached hydrogens (tertiary/aromatic N) is 3. The van der Waals surface area contributed by atoms with E-state index in [1.54, 1.807) is 23.1 Å². The van der Waals surface area contributed by atoms with Crippen LogP contribution < -0.4 is 10.2 Å². The molecule has 0 aliphatic carbocycles. The molecule has 2 aliphatic rings. The lowest BCUT2D eigenvalue weighted by molar-refractivity contribution is -0.136. The molecule has 9 heteroatoms. The Hall–Kier alpha value is -2.55. The first-order valence-electron chi connectivity index (χ1n) is 10.2. The third kappa shape index (κ3) is 4.30. The van der Waals surface area contributed by atoms with E-state index in [2.05, 4.69) is 22.1 Å². The Morgan fingerprint density at radius 3 is 2.83 bits per heavy atom. The molecule has 3 heterocycles. The monoisotopic (exact) mass is 422 g/mol. The van der Waals surface area contributed by atoms with Crippen LogP contribution in [-0.2, 0) is 10.9 Å². The van der Waals surface area contributed by atoms with E-state index in [1.807, 2.05) is 0 Å². The molecule has 2 atom stereocenters. The summed E-state index contributed by atoms with van der Waals surface area (Å²) in [6, 6.07) is 6.24. The molecule has 6 nitrogen and oxygen atoms in total. The maximum absolute atomic E-state index is 13.4. The summed E-state index contributed by atoms with van der Waals surface area (Å²) in [5.74, 6) is 0.377. The molecule has 2 aliphatic heterocycles. The predicted molar refractivity (Wildman–Crippen MR) is 107 cm³/mol. The van der Waals surface area contributed by atoms with E-state index in [9.17, 15) is 18.0 Å². The number of rotatable bonds is 5. The fourth-order valence-electron chi connectivity index (χ4n) is 4.39. The van der Waals surface area contributed by atoms with Crippen molar-refractivity contribution in [2.24, 2.45) is 5.92 Å². The zero-order valence-electron chi connectivity index (χ0n) is 16.8. The second kappa shape index (κ2) is 8.29. The molecule has 1 amide bonds. The van der Waals surface area contributed by atoms with Crippen molar-refractivity contribution in [2.75, 3.05) is 44.2 Å². The number of piperidine rings is 1. The molecule has 0 unspecified atom stereocenters. The lowest BCUT2D eigenvalue weighted by Crippen LogP contribution is -2.50. The van der Waals surface area contributed by atoms with Crippen molar-refractivity contribution in [3.8, 4) is 0 Å². The Balaban J connectivity index is 1.50. The van der Waals surface area contributed by atoms with Gasteiger partial charge >= 0.3 is 12.3 Å². The van der Waals surface area contributed by atoms with Crippen molar-refractivity contribution < 1.29 is 22.7 Å². The summed E-state index contributed by atoms with van der Waals surface area (Å²) in [7, 11) is 0. The first kappa shape index (κ1) is 20.7. The van der Waals surface area contributed by atoms with Crippen molar-refractivity contribution in [1.29, 1.82) is 0 Å². The number of carbonyl (C=O) groups excluding carboxylic acids is 1. The molecule has 2 fully saturated rings. The average molecular weight is 422 g/mol. The molecule has 0 spiro atoms. The average Bonchev–Trinajstić information content (AvgIpc) is 3.11. The van der Waals surface area contributed by atoms with Gasteiger partial charge in [-0.15, -0.1) is 0 Å². The minimum atomic E-state index is -4.44. The SMILES string of the molecule is C[C@@H]1C[C@H](NCCN2CCOC2=O)CN(c2ccc(C(F)(F)F)c3ncccc23)C1. The number of anilines is 1. The van der Waals surface area contributed by atoms with Gasteiger partial charge in [0.1, 0.15) is 6.61 Å². The topological polar surface area (TPSA) is 57.7 Å². The van der Waals surface area contributed by atoms with E-state index in [0.29, 0.717) is 44.1 Å².